The van der Waals surface area contributed by atoms with Gasteiger partial charge in [-0.15, -0.1) is 0 Å². The van der Waals surface area contributed by atoms with Crippen LogP contribution in [0, 0.1) is 0 Å². The fourth-order valence-electron chi connectivity index (χ4n) is 1.76. The van der Waals surface area contributed by atoms with Gasteiger partial charge in [-0.05, 0) is 39.5 Å². The second-order valence-electron chi connectivity index (χ2n) is 4.16. The Kier molecular flexibility index (Phi) is 4.89. The van der Waals surface area contributed by atoms with E-state index in [4.69, 9.17) is 17.3 Å². The maximum atomic E-state index is 5.78. The van der Waals surface area contributed by atoms with Gasteiger partial charge in [-0.1, -0.05) is 0 Å². The lowest BCUT2D eigenvalue weighted by molar-refractivity contribution is 0.371. The Labute approximate surface area is 107 Å². The van der Waals surface area contributed by atoms with Gasteiger partial charge in [0.05, 0.1) is 0 Å². The number of likely N-dealkylation sites (N-methyl/N-ethyl adjacent to an activating group) is 2. The summed E-state index contributed by atoms with van der Waals surface area (Å²) in [4.78, 5) is 16.1. The third-order valence-corrected chi connectivity index (χ3v) is 2.54. The minimum atomic E-state index is 0.128. The first-order valence-electron chi connectivity index (χ1n) is 5.52. The van der Waals surface area contributed by atoms with Crippen molar-refractivity contribution in [3.8, 4) is 0 Å². The molecule has 1 aromatic rings. The molecular weight excluding hydrogens is 240 g/mol. The number of nitrogens with two attached hydrogens (primary N) is 1. The lowest BCUT2D eigenvalue weighted by atomic mass is 10.3. The Balaban J connectivity index is 2.92. The van der Waals surface area contributed by atoms with Crippen molar-refractivity contribution in [2.24, 2.45) is 0 Å². The monoisotopic (exact) mass is 258 g/mol. The highest BCUT2D eigenvalue weighted by molar-refractivity contribution is 6.28. The summed E-state index contributed by atoms with van der Waals surface area (Å²) >= 11 is 5.78. The Morgan fingerprint density at radius 1 is 1.29 bits per heavy atom. The van der Waals surface area contributed by atoms with Crippen LogP contribution < -0.4 is 10.6 Å². The summed E-state index contributed by atoms with van der Waals surface area (Å²) in [5.74, 6) is 0.676. The third kappa shape index (κ3) is 3.98. The largest absolute Gasteiger partial charge is 0.368 e. The molecule has 0 saturated heterocycles. The highest BCUT2D eigenvalue weighted by atomic mass is 35.5. The van der Waals surface area contributed by atoms with E-state index in [1.165, 1.54) is 0 Å². The molecule has 7 heteroatoms. The second kappa shape index (κ2) is 5.97. The maximum Gasteiger partial charge on any atom is 0.231 e. The summed E-state index contributed by atoms with van der Waals surface area (Å²) in [7, 11) is 4.05. The van der Waals surface area contributed by atoms with Crippen LogP contribution in [-0.2, 0) is 0 Å². The number of halogens is 1. The van der Waals surface area contributed by atoms with Crippen molar-refractivity contribution >= 4 is 23.5 Å². The van der Waals surface area contributed by atoms with Crippen LogP contribution in [0.1, 0.15) is 13.8 Å². The molecule has 0 fully saturated rings. The quantitative estimate of drug-likeness (QED) is 0.846. The van der Waals surface area contributed by atoms with Crippen LogP contribution in [0.3, 0.4) is 0 Å². The molecule has 0 saturated carbocycles. The van der Waals surface area contributed by atoms with E-state index < -0.39 is 0 Å². The van der Waals surface area contributed by atoms with Gasteiger partial charge < -0.3 is 15.5 Å². The Morgan fingerprint density at radius 3 is 2.41 bits per heavy atom. The molecule has 1 aromatic heterocycles. The first kappa shape index (κ1) is 13.9. The molecule has 0 bridgehead atoms. The van der Waals surface area contributed by atoms with Gasteiger partial charge in [0, 0.05) is 19.1 Å². The molecule has 1 rings (SSSR count). The predicted octanol–water partition coefficient (Wildman–Crippen LogP) is 0.884. The van der Waals surface area contributed by atoms with Crippen molar-refractivity contribution in [2.75, 3.05) is 37.8 Å². The summed E-state index contributed by atoms with van der Waals surface area (Å²) in [5, 5.41) is 0.128. The number of aromatic nitrogens is 3. The molecule has 6 nitrogen and oxygen atoms in total. The molecule has 2 N–H and O–H groups in total. The van der Waals surface area contributed by atoms with Gasteiger partial charge in [0.1, 0.15) is 0 Å². The second-order valence-corrected chi connectivity index (χ2v) is 4.50. The maximum absolute atomic E-state index is 5.78. The molecule has 96 valence electrons. The van der Waals surface area contributed by atoms with Crippen molar-refractivity contribution in [2.45, 2.75) is 19.9 Å². The zero-order valence-corrected chi connectivity index (χ0v) is 11.4. The molecule has 17 heavy (non-hydrogen) atoms. The normalized spacial score (nSPS) is 12.8. The molecule has 1 heterocycles. The standard InChI is InChI=1S/C10H19ClN6/c1-5-17(7(2)6-16(3)4)10-14-8(11)13-9(12)15-10/h7H,5-6H2,1-4H3,(H2,12,13,14,15). The fourth-order valence-corrected chi connectivity index (χ4v) is 1.92. The van der Waals surface area contributed by atoms with E-state index in [1.807, 2.05) is 25.9 Å². The molecule has 1 unspecified atom stereocenters. The van der Waals surface area contributed by atoms with Crippen molar-refractivity contribution in [1.29, 1.82) is 0 Å². The van der Waals surface area contributed by atoms with Crippen LogP contribution in [0.2, 0.25) is 5.28 Å². The van der Waals surface area contributed by atoms with Crippen LogP contribution in [0.15, 0.2) is 0 Å². The Morgan fingerprint density at radius 2 is 1.94 bits per heavy atom. The van der Waals surface area contributed by atoms with Crippen LogP contribution >= 0.6 is 11.6 Å². The first-order valence-corrected chi connectivity index (χ1v) is 5.90. The number of hydrogen-bond donors (Lipinski definition) is 1. The van der Waals surface area contributed by atoms with E-state index in [0.717, 1.165) is 13.1 Å². The van der Waals surface area contributed by atoms with Crippen LogP contribution in [0.5, 0.6) is 0 Å². The fraction of sp³-hybridized carbons (Fsp3) is 0.700. The van der Waals surface area contributed by atoms with Crippen LogP contribution in [0.4, 0.5) is 11.9 Å². The first-order chi connectivity index (χ1) is 7.93. The summed E-state index contributed by atoms with van der Waals surface area (Å²) < 4.78 is 0. The summed E-state index contributed by atoms with van der Waals surface area (Å²) in [5.41, 5.74) is 5.57. The van der Waals surface area contributed by atoms with E-state index >= 15 is 0 Å². The van der Waals surface area contributed by atoms with E-state index in [9.17, 15) is 0 Å². The number of nitrogens with zero attached hydrogens (tertiary/aromatic N) is 5. The van der Waals surface area contributed by atoms with E-state index in [1.54, 1.807) is 0 Å². The minimum absolute atomic E-state index is 0.128. The summed E-state index contributed by atoms with van der Waals surface area (Å²) in [6, 6.07) is 0.271. The molecule has 0 aromatic carbocycles. The molecule has 0 aliphatic heterocycles. The van der Waals surface area contributed by atoms with E-state index in [-0.39, 0.29) is 17.3 Å². The predicted molar refractivity (Wildman–Crippen MR) is 70.3 cm³/mol. The number of rotatable bonds is 5. The smallest absolute Gasteiger partial charge is 0.231 e. The molecule has 0 spiro atoms. The highest BCUT2D eigenvalue weighted by Gasteiger charge is 2.17. The Bertz CT molecular complexity index is 350. The molecule has 0 amide bonds. The number of anilines is 2. The molecule has 1 atom stereocenters. The van der Waals surface area contributed by atoms with Crippen molar-refractivity contribution in [3.63, 3.8) is 0 Å². The SMILES string of the molecule is CCN(c1nc(N)nc(Cl)n1)C(C)CN(C)C. The van der Waals surface area contributed by atoms with Gasteiger partial charge in [-0.2, -0.15) is 15.0 Å². The zero-order chi connectivity index (χ0) is 13.0. The molecule has 0 radical (unpaired) electrons. The van der Waals surface area contributed by atoms with Crippen molar-refractivity contribution < 1.29 is 0 Å². The van der Waals surface area contributed by atoms with Crippen molar-refractivity contribution in [1.82, 2.24) is 19.9 Å². The zero-order valence-electron chi connectivity index (χ0n) is 10.7. The van der Waals surface area contributed by atoms with E-state index in [0.29, 0.717) is 5.95 Å². The number of nitrogen functional groups attached to an aromatic ring is 1. The molecule has 0 aliphatic carbocycles. The average Bonchev–Trinajstić information content (AvgIpc) is 2.15. The third-order valence-electron chi connectivity index (χ3n) is 2.37. The van der Waals surface area contributed by atoms with E-state index in [2.05, 4.69) is 26.8 Å². The van der Waals surface area contributed by atoms with Crippen LogP contribution in [-0.4, -0.2) is 53.1 Å². The lowest BCUT2D eigenvalue weighted by Gasteiger charge is -2.29. The van der Waals surface area contributed by atoms with Crippen LogP contribution in [0.25, 0.3) is 0 Å². The van der Waals surface area contributed by atoms with Gasteiger partial charge in [-0.3, -0.25) is 0 Å². The van der Waals surface area contributed by atoms with Gasteiger partial charge in [0.15, 0.2) is 0 Å². The highest BCUT2D eigenvalue weighted by Crippen LogP contribution is 2.14. The topological polar surface area (TPSA) is 71.2 Å². The summed E-state index contributed by atoms with van der Waals surface area (Å²) in [6.07, 6.45) is 0. The Hall–Kier alpha value is -1.14. The molecule has 0 aliphatic rings. The minimum Gasteiger partial charge on any atom is -0.368 e. The average molecular weight is 259 g/mol. The van der Waals surface area contributed by atoms with Crippen molar-refractivity contribution in [3.05, 3.63) is 5.28 Å². The van der Waals surface area contributed by atoms with Gasteiger partial charge in [0.2, 0.25) is 17.2 Å². The lowest BCUT2D eigenvalue weighted by Crippen LogP contribution is -2.41. The molecular formula is C10H19ClN6. The van der Waals surface area contributed by atoms with Gasteiger partial charge in [-0.25, -0.2) is 0 Å². The van der Waals surface area contributed by atoms with Gasteiger partial charge in [0.25, 0.3) is 0 Å². The van der Waals surface area contributed by atoms with Gasteiger partial charge >= 0.3 is 0 Å². The number of hydrogen-bond acceptors (Lipinski definition) is 6. The summed E-state index contributed by atoms with van der Waals surface area (Å²) in [6.45, 7) is 5.84.